The Kier molecular flexibility index (Phi) is 6.31. The monoisotopic (exact) mass is 328 g/mol. The number of benzene rings is 1. The fraction of sp³-hybridized carbons (Fsp3) is 0.500. The number of carbonyl (C=O) groups is 1. The molecular formula is C14H21BrN2O2. The molecule has 0 radical (unpaired) electrons. The Morgan fingerprint density at radius 2 is 2.16 bits per heavy atom. The number of aryl methyl sites for hydroxylation is 1. The molecule has 0 spiro atoms. The Bertz CT molecular complexity index is 447. The molecule has 0 atom stereocenters. The van der Waals surface area contributed by atoms with Crippen LogP contribution in [-0.4, -0.2) is 19.1 Å². The van der Waals surface area contributed by atoms with E-state index in [0.29, 0.717) is 12.5 Å². The van der Waals surface area contributed by atoms with Gasteiger partial charge in [0.2, 0.25) is 0 Å². The van der Waals surface area contributed by atoms with Gasteiger partial charge in [0, 0.05) is 16.6 Å². The van der Waals surface area contributed by atoms with Crippen molar-refractivity contribution in [1.29, 1.82) is 0 Å². The number of carbonyl (C=O) groups excluding carboxylic acids is 1. The lowest BCUT2D eigenvalue weighted by atomic mass is 10.1. The summed E-state index contributed by atoms with van der Waals surface area (Å²) in [5, 5.41) is 3.37. The maximum Gasteiger partial charge on any atom is 0.255 e. The number of hydrogen-bond donors (Lipinski definition) is 2. The third-order valence-corrected chi connectivity index (χ3v) is 3.00. The number of ether oxygens (including phenoxy) is 1. The molecule has 0 saturated heterocycles. The van der Waals surface area contributed by atoms with Crippen LogP contribution in [0.25, 0.3) is 0 Å². The molecule has 106 valence electrons. The molecule has 19 heavy (non-hydrogen) atoms. The number of nitrogens with one attached hydrogen (secondary N) is 1. The van der Waals surface area contributed by atoms with Gasteiger partial charge in [-0.1, -0.05) is 29.8 Å². The second kappa shape index (κ2) is 7.50. The molecule has 0 aliphatic carbocycles. The third-order valence-electron chi connectivity index (χ3n) is 2.54. The summed E-state index contributed by atoms with van der Waals surface area (Å²) in [4.78, 5) is 10.8. The Morgan fingerprint density at radius 1 is 1.47 bits per heavy atom. The smallest absolute Gasteiger partial charge is 0.255 e. The lowest BCUT2D eigenvalue weighted by Crippen LogP contribution is -2.22. The first kappa shape index (κ1) is 16.0. The van der Waals surface area contributed by atoms with Crippen LogP contribution in [0.3, 0.4) is 0 Å². The molecule has 0 aromatic heterocycles. The SMILES string of the molecule is Cc1cc(Br)cc(CNCC(C)C)c1OCC(N)=O. The largest absolute Gasteiger partial charge is 0.483 e. The van der Waals surface area contributed by atoms with Crippen molar-refractivity contribution in [3.05, 3.63) is 27.7 Å². The maximum absolute atomic E-state index is 10.8. The second-order valence-corrected chi connectivity index (χ2v) is 5.91. The molecule has 0 fully saturated rings. The van der Waals surface area contributed by atoms with Crippen molar-refractivity contribution in [3.8, 4) is 5.75 Å². The van der Waals surface area contributed by atoms with Gasteiger partial charge in [-0.3, -0.25) is 4.79 Å². The summed E-state index contributed by atoms with van der Waals surface area (Å²) >= 11 is 3.47. The van der Waals surface area contributed by atoms with Crippen LogP contribution in [0.15, 0.2) is 16.6 Å². The zero-order valence-electron chi connectivity index (χ0n) is 11.6. The van der Waals surface area contributed by atoms with E-state index in [1.165, 1.54) is 0 Å². The van der Waals surface area contributed by atoms with Crippen molar-refractivity contribution in [2.45, 2.75) is 27.3 Å². The molecular weight excluding hydrogens is 308 g/mol. The second-order valence-electron chi connectivity index (χ2n) is 4.99. The van der Waals surface area contributed by atoms with Crippen LogP contribution in [0, 0.1) is 12.8 Å². The van der Waals surface area contributed by atoms with E-state index in [1.807, 2.05) is 19.1 Å². The van der Waals surface area contributed by atoms with Gasteiger partial charge in [-0.25, -0.2) is 0 Å². The first-order valence-corrected chi connectivity index (χ1v) is 7.10. The van der Waals surface area contributed by atoms with Crippen LogP contribution in [0.5, 0.6) is 5.75 Å². The highest BCUT2D eigenvalue weighted by molar-refractivity contribution is 9.10. The molecule has 1 aromatic carbocycles. The molecule has 0 saturated carbocycles. The van der Waals surface area contributed by atoms with Gasteiger partial charge < -0.3 is 15.8 Å². The van der Waals surface area contributed by atoms with Crippen LogP contribution >= 0.6 is 15.9 Å². The number of nitrogens with two attached hydrogens (primary N) is 1. The van der Waals surface area contributed by atoms with Gasteiger partial charge in [0.15, 0.2) is 6.61 Å². The predicted molar refractivity (Wildman–Crippen MR) is 80.1 cm³/mol. The summed E-state index contributed by atoms with van der Waals surface area (Å²) in [6.07, 6.45) is 0. The molecule has 1 rings (SSSR count). The lowest BCUT2D eigenvalue weighted by molar-refractivity contribution is -0.119. The third kappa shape index (κ3) is 5.61. The van der Waals surface area contributed by atoms with E-state index in [9.17, 15) is 4.79 Å². The number of hydrogen-bond acceptors (Lipinski definition) is 3. The van der Waals surface area contributed by atoms with Crippen molar-refractivity contribution in [3.63, 3.8) is 0 Å². The molecule has 1 amide bonds. The van der Waals surface area contributed by atoms with Crippen LogP contribution in [0.1, 0.15) is 25.0 Å². The average molecular weight is 329 g/mol. The van der Waals surface area contributed by atoms with Gasteiger partial charge >= 0.3 is 0 Å². The van der Waals surface area contributed by atoms with Gasteiger partial charge in [-0.05, 0) is 37.1 Å². The Hall–Kier alpha value is -1.07. The molecule has 0 aliphatic heterocycles. The summed E-state index contributed by atoms with van der Waals surface area (Å²) in [7, 11) is 0. The van der Waals surface area contributed by atoms with Gasteiger partial charge in [0.05, 0.1) is 0 Å². The summed E-state index contributed by atoms with van der Waals surface area (Å²) < 4.78 is 6.50. The average Bonchev–Trinajstić information content (AvgIpc) is 2.26. The minimum Gasteiger partial charge on any atom is -0.483 e. The van der Waals surface area contributed by atoms with Gasteiger partial charge in [0.25, 0.3) is 5.91 Å². The van der Waals surface area contributed by atoms with E-state index >= 15 is 0 Å². The van der Waals surface area contributed by atoms with Gasteiger partial charge in [0.1, 0.15) is 5.75 Å². The molecule has 0 bridgehead atoms. The highest BCUT2D eigenvalue weighted by Gasteiger charge is 2.10. The Labute approximate surface area is 122 Å². The van der Waals surface area contributed by atoms with E-state index in [0.717, 1.165) is 27.9 Å². The highest BCUT2D eigenvalue weighted by atomic mass is 79.9. The summed E-state index contributed by atoms with van der Waals surface area (Å²) in [6.45, 7) is 7.80. The van der Waals surface area contributed by atoms with Crippen LogP contribution in [0.2, 0.25) is 0 Å². The van der Waals surface area contributed by atoms with E-state index in [2.05, 4.69) is 35.1 Å². The topological polar surface area (TPSA) is 64.3 Å². The zero-order chi connectivity index (χ0) is 14.4. The standard InChI is InChI=1S/C14H21BrN2O2/c1-9(2)6-17-7-11-5-12(15)4-10(3)14(11)19-8-13(16)18/h4-5,9,17H,6-8H2,1-3H3,(H2,16,18). The summed E-state index contributed by atoms with van der Waals surface area (Å²) in [5.74, 6) is 0.852. The zero-order valence-corrected chi connectivity index (χ0v) is 13.2. The Balaban J connectivity index is 2.83. The van der Waals surface area contributed by atoms with E-state index in [-0.39, 0.29) is 6.61 Å². The highest BCUT2D eigenvalue weighted by Crippen LogP contribution is 2.28. The van der Waals surface area contributed by atoms with Crippen molar-refractivity contribution >= 4 is 21.8 Å². The number of primary amides is 1. The van der Waals surface area contributed by atoms with Crippen LogP contribution in [-0.2, 0) is 11.3 Å². The summed E-state index contributed by atoms with van der Waals surface area (Å²) in [6, 6.07) is 3.96. The number of halogens is 1. The number of rotatable bonds is 7. The Morgan fingerprint density at radius 3 is 2.74 bits per heavy atom. The fourth-order valence-corrected chi connectivity index (χ4v) is 2.40. The van der Waals surface area contributed by atoms with Gasteiger partial charge in [-0.2, -0.15) is 0 Å². The van der Waals surface area contributed by atoms with Crippen molar-refractivity contribution < 1.29 is 9.53 Å². The molecule has 4 nitrogen and oxygen atoms in total. The maximum atomic E-state index is 10.8. The van der Waals surface area contributed by atoms with Gasteiger partial charge in [-0.15, -0.1) is 0 Å². The van der Waals surface area contributed by atoms with Crippen LogP contribution < -0.4 is 15.8 Å². The van der Waals surface area contributed by atoms with Crippen molar-refractivity contribution in [2.24, 2.45) is 11.7 Å². The van der Waals surface area contributed by atoms with E-state index in [4.69, 9.17) is 10.5 Å². The first-order chi connectivity index (χ1) is 8.90. The minimum atomic E-state index is -0.469. The van der Waals surface area contributed by atoms with Crippen LogP contribution in [0.4, 0.5) is 0 Å². The van der Waals surface area contributed by atoms with E-state index in [1.54, 1.807) is 0 Å². The van der Waals surface area contributed by atoms with E-state index < -0.39 is 5.91 Å². The molecule has 5 heteroatoms. The van der Waals surface area contributed by atoms with Crippen molar-refractivity contribution in [1.82, 2.24) is 5.32 Å². The fourth-order valence-electron chi connectivity index (χ4n) is 1.78. The first-order valence-electron chi connectivity index (χ1n) is 6.31. The normalized spacial score (nSPS) is 10.8. The lowest BCUT2D eigenvalue weighted by Gasteiger charge is -2.15. The molecule has 1 aromatic rings. The minimum absolute atomic E-state index is 0.0976. The molecule has 0 aliphatic rings. The molecule has 3 N–H and O–H groups in total. The number of amides is 1. The predicted octanol–water partition coefficient (Wildman–Crippen LogP) is 2.37. The molecule has 0 unspecified atom stereocenters. The summed E-state index contributed by atoms with van der Waals surface area (Å²) in [5.41, 5.74) is 7.13. The molecule has 0 heterocycles. The quantitative estimate of drug-likeness (QED) is 0.807. The van der Waals surface area contributed by atoms with Crippen molar-refractivity contribution in [2.75, 3.05) is 13.2 Å².